The fourth-order valence-corrected chi connectivity index (χ4v) is 3.42. The Balaban J connectivity index is 1.68. The lowest BCUT2D eigenvalue weighted by Gasteiger charge is -2.26. The highest BCUT2D eigenvalue weighted by molar-refractivity contribution is 9.10. The summed E-state index contributed by atoms with van der Waals surface area (Å²) in [6.45, 7) is 0.388. The highest BCUT2D eigenvalue weighted by atomic mass is 79.9. The maximum absolute atomic E-state index is 11.9. The molecule has 1 fully saturated rings. The summed E-state index contributed by atoms with van der Waals surface area (Å²) in [5.41, 5.74) is 1.14. The van der Waals surface area contributed by atoms with E-state index < -0.39 is 6.10 Å². The Hall–Kier alpha value is -0.870. The van der Waals surface area contributed by atoms with Crippen LogP contribution in [-0.2, 0) is 11.2 Å². The molecule has 0 aliphatic heterocycles. The summed E-state index contributed by atoms with van der Waals surface area (Å²) in [5, 5.41) is 13.0. The van der Waals surface area contributed by atoms with E-state index in [1.165, 1.54) is 19.3 Å². The number of benzene rings is 1. The van der Waals surface area contributed by atoms with Gasteiger partial charge in [0, 0.05) is 17.4 Å². The van der Waals surface area contributed by atoms with Crippen LogP contribution in [0.1, 0.15) is 44.1 Å². The molecule has 0 aromatic heterocycles. The molecule has 1 atom stereocenters. The summed E-state index contributed by atoms with van der Waals surface area (Å²) < 4.78 is 1.04. The van der Waals surface area contributed by atoms with E-state index in [1.54, 1.807) is 0 Å². The molecule has 0 spiro atoms. The van der Waals surface area contributed by atoms with Crippen molar-refractivity contribution in [3.8, 4) is 0 Å². The van der Waals surface area contributed by atoms with Gasteiger partial charge in [-0.1, -0.05) is 53.4 Å². The van der Waals surface area contributed by atoms with Crippen molar-refractivity contribution in [3.05, 3.63) is 34.3 Å². The summed E-state index contributed by atoms with van der Waals surface area (Å²) in [7, 11) is 0. The minimum atomic E-state index is -0.391. The molecule has 1 amide bonds. The molecule has 4 heteroatoms. The van der Waals surface area contributed by atoms with Gasteiger partial charge in [-0.15, -0.1) is 0 Å². The minimum absolute atomic E-state index is 0.0145. The zero-order chi connectivity index (χ0) is 15.1. The van der Waals surface area contributed by atoms with Crippen molar-refractivity contribution in [1.82, 2.24) is 5.32 Å². The molecule has 2 rings (SSSR count). The first-order chi connectivity index (χ1) is 10.2. The van der Waals surface area contributed by atoms with Gasteiger partial charge in [0.15, 0.2) is 0 Å². The van der Waals surface area contributed by atoms with Gasteiger partial charge in [0.05, 0.1) is 6.10 Å². The Kier molecular flexibility index (Phi) is 6.71. The molecule has 1 aliphatic carbocycles. The molecule has 21 heavy (non-hydrogen) atoms. The number of aliphatic hydroxyl groups is 1. The van der Waals surface area contributed by atoms with Crippen LogP contribution < -0.4 is 5.32 Å². The molecule has 2 N–H and O–H groups in total. The second kappa shape index (κ2) is 8.54. The number of hydrogen-bond donors (Lipinski definition) is 2. The smallest absolute Gasteiger partial charge is 0.220 e. The molecule has 116 valence electrons. The van der Waals surface area contributed by atoms with Crippen LogP contribution in [0.5, 0.6) is 0 Å². The van der Waals surface area contributed by atoms with E-state index in [4.69, 9.17) is 0 Å². The quantitative estimate of drug-likeness (QED) is 0.822. The average Bonchev–Trinajstić information content (AvgIpc) is 2.52. The van der Waals surface area contributed by atoms with E-state index in [2.05, 4.69) is 21.2 Å². The zero-order valence-corrected chi connectivity index (χ0v) is 13.9. The SMILES string of the molecule is O=C(CCc1ccccc1Br)NCC(O)C1CCCCC1. The highest BCUT2D eigenvalue weighted by Gasteiger charge is 2.21. The first-order valence-electron chi connectivity index (χ1n) is 7.85. The maximum Gasteiger partial charge on any atom is 0.220 e. The average molecular weight is 354 g/mol. The Morgan fingerprint density at radius 1 is 1.29 bits per heavy atom. The summed E-state index contributed by atoms with van der Waals surface area (Å²) in [6.07, 6.45) is 6.66. The molecular formula is C17H24BrNO2. The van der Waals surface area contributed by atoms with E-state index in [9.17, 15) is 9.90 Å². The van der Waals surface area contributed by atoms with Gasteiger partial charge in [-0.05, 0) is 36.8 Å². The monoisotopic (exact) mass is 353 g/mol. The lowest BCUT2D eigenvalue weighted by Crippen LogP contribution is -2.37. The van der Waals surface area contributed by atoms with Crippen LogP contribution in [-0.4, -0.2) is 23.7 Å². The molecular weight excluding hydrogens is 330 g/mol. The van der Waals surface area contributed by atoms with E-state index in [0.717, 1.165) is 22.9 Å². The third kappa shape index (κ3) is 5.44. The Morgan fingerprint density at radius 2 is 2.00 bits per heavy atom. The van der Waals surface area contributed by atoms with Gasteiger partial charge in [0.2, 0.25) is 5.91 Å². The lowest BCUT2D eigenvalue weighted by atomic mass is 9.85. The third-order valence-corrected chi connectivity index (χ3v) is 5.06. The van der Waals surface area contributed by atoms with Crippen molar-refractivity contribution in [2.45, 2.75) is 51.0 Å². The van der Waals surface area contributed by atoms with E-state index in [1.807, 2.05) is 24.3 Å². The fourth-order valence-electron chi connectivity index (χ4n) is 2.94. The van der Waals surface area contributed by atoms with Crippen LogP contribution in [0.4, 0.5) is 0 Å². The fraction of sp³-hybridized carbons (Fsp3) is 0.588. The largest absolute Gasteiger partial charge is 0.391 e. The molecule has 1 saturated carbocycles. The summed E-state index contributed by atoms with van der Waals surface area (Å²) in [6, 6.07) is 7.95. The molecule has 0 radical (unpaired) electrons. The zero-order valence-electron chi connectivity index (χ0n) is 12.4. The third-order valence-electron chi connectivity index (χ3n) is 4.28. The topological polar surface area (TPSA) is 49.3 Å². The van der Waals surface area contributed by atoms with E-state index >= 15 is 0 Å². The van der Waals surface area contributed by atoms with Crippen molar-refractivity contribution in [2.24, 2.45) is 5.92 Å². The number of aliphatic hydroxyl groups excluding tert-OH is 1. The number of hydrogen-bond acceptors (Lipinski definition) is 2. The van der Waals surface area contributed by atoms with Gasteiger partial charge in [0.25, 0.3) is 0 Å². The van der Waals surface area contributed by atoms with E-state index in [0.29, 0.717) is 25.3 Å². The predicted molar refractivity (Wildman–Crippen MR) is 88.1 cm³/mol. The first kappa shape index (κ1) is 16.5. The standard InChI is InChI=1S/C17H24BrNO2/c18-15-9-5-4-6-13(15)10-11-17(21)19-12-16(20)14-7-2-1-3-8-14/h4-6,9,14,16,20H,1-3,7-8,10-12H2,(H,19,21). The second-order valence-corrected chi connectivity index (χ2v) is 6.72. The van der Waals surface area contributed by atoms with Crippen molar-refractivity contribution in [2.75, 3.05) is 6.54 Å². The van der Waals surface area contributed by atoms with Crippen molar-refractivity contribution in [1.29, 1.82) is 0 Å². The summed E-state index contributed by atoms with van der Waals surface area (Å²) in [4.78, 5) is 11.9. The number of halogens is 1. The molecule has 1 aromatic rings. The van der Waals surface area contributed by atoms with Crippen molar-refractivity contribution < 1.29 is 9.90 Å². The summed E-state index contributed by atoms with van der Waals surface area (Å²) in [5.74, 6) is 0.378. The van der Waals surface area contributed by atoms with Crippen molar-refractivity contribution in [3.63, 3.8) is 0 Å². The lowest BCUT2D eigenvalue weighted by molar-refractivity contribution is -0.121. The first-order valence-corrected chi connectivity index (χ1v) is 8.64. The predicted octanol–water partition coefficient (Wildman–Crippen LogP) is 3.44. The van der Waals surface area contributed by atoms with Crippen LogP contribution in [0, 0.1) is 5.92 Å². The van der Waals surface area contributed by atoms with Crippen molar-refractivity contribution >= 4 is 21.8 Å². The number of aryl methyl sites for hydroxylation is 1. The number of carbonyl (C=O) groups excluding carboxylic acids is 1. The van der Waals surface area contributed by atoms with Crippen LogP contribution in [0.3, 0.4) is 0 Å². The van der Waals surface area contributed by atoms with Gasteiger partial charge in [-0.2, -0.15) is 0 Å². The Labute approximate surface area is 135 Å². The number of amides is 1. The second-order valence-electron chi connectivity index (χ2n) is 5.86. The van der Waals surface area contributed by atoms with Crippen LogP contribution >= 0.6 is 15.9 Å². The van der Waals surface area contributed by atoms with Crippen LogP contribution in [0.15, 0.2) is 28.7 Å². The highest BCUT2D eigenvalue weighted by Crippen LogP contribution is 2.26. The molecule has 0 heterocycles. The Morgan fingerprint density at radius 3 is 2.71 bits per heavy atom. The van der Waals surface area contributed by atoms with E-state index in [-0.39, 0.29) is 5.91 Å². The van der Waals surface area contributed by atoms with Gasteiger partial charge >= 0.3 is 0 Å². The number of rotatable bonds is 6. The molecule has 3 nitrogen and oxygen atoms in total. The number of nitrogens with one attached hydrogen (secondary N) is 1. The van der Waals surface area contributed by atoms with Crippen LogP contribution in [0.2, 0.25) is 0 Å². The summed E-state index contributed by atoms with van der Waals surface area (Å²) >= 11 is 3.49. The van der Waals surface area contributed by atoms with Gasteiger partial charge in [0.1, 0.15) is 0 Å². The molecule has 1 aliphatic rings. The van der Waals surface area contributed by atoms with Crippen LogP contribution in [0.25, 0.3) is 0 Å². The maximum atomic E-state index is 11.9. The van der Waals surface area contributed by atoms with Gasteiger partial charge in [-0.3, -0.25) is 4.79 Å². The number of carbonyl (C=O) groups is 1. The molecule has 1 unspecified atom stereocenters. The molecule has 0 saturated heterocycles. The molecule has 1 aromatic carbocycles. The van der Waals surface area contributed by atoms with Gasteiger partial charge in [-0.25, -0.2) is 0 Å². The molecule has 0 bridgehead atoms. The normalized spacial score (nSPS) is 17.4. The van der Waals surface area contributed by atoms with Gasteiger partial charge < -0.3 is 10.4 Å². The minimum Gasteiger partial charge on any atom is -0.391 e. The Bertz CT molecular complexity index is 458.